The Labute approximate surface area is 165 Å². The predicted molar refractivity (Wildman–Crippen MR) is 107 cm³/mol. The van der Waals surface area contributed by atoms with E-state index in [-0.39, 0.29) is 0 Å². The Balaban J connectivity index is 2.41. The maximum absolute atomic E-state index is 12.7. The fourth-order valence-electron chi connectivity index (χ4n) is 3.29. The van der Waals surface area contributed by atoms with Crippen molar-refractivity contribution in [1.29, 1.82) is 5.26 Å². The number of methoxy groups -OCH3 is 1. The summed E-state index contributed by atoms with van der Waals surface area (Å²) in [5.41, 5.74) is 2.18. The van der Waals surface area contributed by atoms with Crippen LogP contribution in [0.2, 0.25) is 0 Å². The molecule has 1 aliphatic heterocycles. The van der Waals surface area contributed by atoms with Gasteiger partial charge in [0, 0.05) is 5.92 Å². The highest BCUT2D eigenvalue weighted by Crippen LogP contribution is 2.41. The molecule has 1 amide bonds. The molecule has 0 saturated carbocycles. The molecule has 0 unspecified atom stereocenters. The molecule has 0 aliphatic carbocycles. The summed E-state index contributed by atoms with van der Waals surface area (Å²) in [6.07, 6.45) is 4.47. The molecule has 0 aromatic heterocycles. The molecular weight excluding hydrogens is 360 g/mol. The second kappa shape index (κ2) is 10.2. The molecule has 0 radical (unpaired) electrons. The van der Waals surface area contributed by atoms with Crippen LogP contribution in [0.15, 0.2) is 34.9 Å². The maximum Gasteiger partial charge on any atom is 0.319 e. The lowest BCUT2D eigenvalue weighted by Gasteiger charge is -2.31. The number of rotatable bonds is 8. The van der Waals surface area contributed by atoms with E-state index in [0.29, 0.717) is 10.6 Å². The Hall–Kier alpha value is -2.26. The van der Waals surface area contributed by atoms with E-state index >= 15 is 0 Å². The van der Waals surface area contributed by atoms with Gasteiger partial charge in [-0.1, -0.05) is 50.5 Å². The summed E-state index contributed by atoms with van der Waals surface area (Å²) in [5, 5.41) is 13.2. The Morgan fingerprint density at radius 1 is 1.30 bits per heavy atom. The summed E-state index contributed by atoms with van der Waals surface area (Å²) < 4.78 is 4.87. The molecule has 0 spiro atoms. The van der Waals surface area contributed by atoms with Crippen molar-refractivity contribution in [3.05, 3.63) is 46.0 Å². The van der Waals surface area contributed by atoms with E-state index in [9.17, 15) is 14.9 Å². The molecule has 0 fully saturated rings. The summed E-state index contributed by atoms with van der Waals surface area (Å²) in [6.45, 7) is 4.08. The Morgan fingerprint density at radius 2 is 2.04 bits per heavy atom. The minimum Gasteiger partial charge on any atom is -0.468 e. The molecule has 1 heterocycles. The van der Waals surface area contributed by atoms with Crippen molar-refractivity contribution in [2.24, 2.45) is 5.92 Å². The number of nitriles is 1. The first-order chi connectivity index (χ1) is 13.0. The largest absolute Gasteiger partial charge is 0.468 e. The number of carbonyl (C=O) groups excluding carboxylic acids is 2. The molecule has 6 heteroatoms. The number of unbranched alkanes of at least 4 members (excludes halogenated alkanes) is 3. The monoisotopic (exact) mass is 386 g/mol. The van der Waals surface area contributed by atoms with Gasteiger partial charge in [-0.25, -0.2) is 0 Å². The lowest BCUT2D eigenvalue weighted by Crippen LogP contribution is -2.44. The molecule has 5 nitrogen and oxygen atoms in total. The third-order valence-electron chi connectivity index (χ3n) is 4.75. The average molecular weight is 387 g/mol. The van der Waals surface area contributed by atoms with Gasteiger partial charge in [-0.15, -0.1) is 11.8 Å². The van der Waals surface area contributed by atoms with Crippen molar-refractivity contribution in [3.8, 4) is 6.07 Å². The number of nitrogens with one attached hydrogen (secondary N) is 1. The molecule has 1 aromatic rings. The first-order valence-electron chi connectivity index (χ1n) is 9.26. The van der Waals surface area contributed by atoms with Crippen LogP contribution in [-0.2, 0) is 14.3 Å². The SMILES string of the molecule is CCCCCCSC1=C(C#N)[C@@H](c2ccccc2C)[C@@H](C(=O)OC)C(=O)N1. The summed E-state index contributed by atoms with van der Waals surface area (Å²) in [5.74, 6) is -1.90. The van der Waals surface area contributed by atoms with Crippen molar-refractivity contribution >= 4 is 23.6 Å². The lowest BCUT2D eigenvalue weighted by atomic mass is 9.77. The van der Waals surface area contributed by atoms with Gasteiger partial charge in [0.2, 0.25) is 5.91 Å². The summed E-state index contributed by atoms with van der Waals surface area (Å²) >= 11 is 1.48. The smallest absolute Gasteiger partial charge is 0.319 e. The molecule has 0 bridgehead atoms. The van der Waals surface area contributed by atoms with E-state index < -0.39 is 23.7 Å². The van der Waals surface area contributed by atoms with Crippen molar-refractivity contribution < 1.29 is 14.3 Å². The quantitative estimate of drug-likeness (QED) is 0.414. The highest BCUT2D eigenvalue weighted by atomic mass is 32.2. The maximum atomic E-state index is 12.7. The van der Waals surface area contributed by atoms with Gasteiger partial charge in [-0.2, -0.15) is 5.26 Å². The van der Waals surface area contributed by atoms with E-state index in [1.54, 1.807) is 0 Å². The molecular formula is C21H26N2O3S. The highest BCUT2D eigenvalue weighted by molar-refractivity contribution is 8.03. The van der Waals surface area contributed by atoms with Gasteiger partial charge in [0.05, 0.1) is 23.8 Å². The number of aryl methyl sites for hydroxylation is 1. The Bertz CT molecular complexity index is 767. The zero-order valence-electron chi connectivity index (χ0n) is 16.1. The number of thioether (sulfide) groups is 1. The van der Waals surface area contributed by atoms with Crippen molar-refractivity contribution in [1.82, 2.24) is 5.32 Å². The van der Waals surface area contributed by atoms with Crippen LogP contribution in [-0.4, -0.2) is 24.7 Å². The minimum absolute atomic E-state index is 0.412. The zero-order chi connectivity index (χ0) is 19.8. The van der Waals surface area contributed by atoms with E-state index in [1.807, 2.05) is 31.2 Å². The number of amides is 1. The number of esters is 1. The summed E-state index contributed by atoms with van der Waals surface area (Å²) in [4.78, 5) is 25.1. The normalized spacial score (nSPS) is 19.4. The van der Waals surface area contributed by atoms with Crippen LogP contribution >= 0.6 is 11.8 Å². The van der Waals surface area contributed by atoms with Gasteiger partial charge in [0.15, 0.2) is 0 Å². The third kappa shape index (κ3) is 4.92. The van der Waals surface area contributed by atoms with Crippen LogP contribution in [0.5, 0.6) is 0 Å². The fraction of sp³-hybridized carbons (Fsp3) is 0.476. The van der Waals surface area contributed by atoms with Crippen molar-refractivity contribution in [3.63, 3.8) is 0 Å². The first-order valence-corrected chi connectivity index (χ1v) is 10.2. The fourth-order valence-corrected chi connectivity index (χ4v) is 4.35. The van der Waals surface area contributed by atoms with Crippen LogP contribution in [0.3, 0.4) is 0 Å². The molecule has 1 aromatic carbocycles. The molecule has 2 rings (SSSR count). The van der Waals surface area contributed by atoms with Crippen molar-refractivity contribution in [2.45, 2.75) is 45.4 Å². The number of nitrogens with zero attached hydrogens (tertiary/aromatic N) is 1. The highest BCUT2D eigenvalue weighted by Gasteiger charge is 2.44. The first kappa shape index (κ1) is 21.0. The van der Waals surface area contributed by atoms with Gasteiger partial charge >= 0.3 is 5.97 Å². The van der Waals surface area contributed by atoms with Gasteiger partial charge in [-0.05, 0) is 30.2 Å². The third-order valence-corrected chi connectivity index (χ3v) is 5.85. The molecule has 27 heavy (non-hydrogen) atoms. The topological polar surface area (TPSA) is 79.2 Å². The molecule has 2 atom stereocenters. The van der Waals surface area contributed by atoms with E-state index in [0.717, 1.165) is 36.1 Å². The number of benzene rings is 1. The standard InChI is InChI=1S/C21H26N2O3S/c1-4-5-6-9-12-27-20-16(13-22)17(15-11-8-7-10-14(15)2)18(19(24)23-20)21(25)26-3/h7-8,10-11,17-18H,4-6,9,12H2,1-3H3,(H,23,24)/t17-,18-/m1/s1. The number of carbonyl (C=O) groups is 2. The molecule has 1 N–H and O–H groups in total. The van der Waals surface area contributed by atoms with Crippen LogP contribution in [0, 0.1) is 24.2 Å². The van der Waals surface area contributed by atoms with E-state index in [1.165, 1.54) is 25.3 Å². The summed E-state index contributed by atoms with van der Waals surface area (Å²) in [7, 11) is 1.26. The second-order valence-electron chi connectivity index (χ2n) is 6.59. The average Bonchev–Trinajstić information content (AvgIpc) is 2.67. The molecule has 144 valence electrons. The van der Waals surface area contributed by atoms with Crippen LogP contribution in [0.4, 0.5) is 0 Å². The molecule has 1 aliphatic rings. The Kier molecular flexibility index (Phi) is 7.93. The van der Waals surface area contributed by atoms with Gasteiger partial charge in [0.1, 0.15) is 5.92 Å². The van der Waals surface area contributed by atoms with Crippen LogP contribution in [0.1, 0.15) is 49.7 Å². The lowest BCUT2D eigenvalue weighted by molar-refractivity contribution is -0.150. The predicted octanol–water partition coefficient (Wildman–Crippen LogP) is 4.05. The summed E-state index contributed by atoms with van der Waals surface area (Å²) in [6, 6.07) is 9.79. The minimum atomic E-state index is -1.06. The number of ether oxygens (including phenoxy) is 1. The second-order valence-corrected chi connectivity index (χ2v) is 7.69. The van der Waals surface area contributed by atoms with Gasteiger partial charge in [0.25, 0.3) is 0 Å². The van der Waals surface area contributed by atoms with Gasteiger partial charge < -0.3 is 10.1 Å². The number of hydrogen-bond acceptors (Lipinski definition) is 5. The van der Waals surface area contributed by atoms with Crippen LogP contribution < -0.4 is 5.32 Å². The van der Waals surface area contributed by atoms with Crippen molar-refractivity contribution in [2.75, 3.05) is 12.9 Å². The van der Waals surface area contributed by atoms with E-state index in [4.69, 9.17) is 4.74 Å². The molecule has 0 saturated heterocycles. The van der Waals surface area contributed by atoms with Gasteiger partial charge in [-0.3, -0.25) is 9.59 Å². The number of allylic oxidation sites excluding steroid dienone is 1. The Morgan fingerprint density at radius 3 is 2.67 bits per heavy atom. The number of hydrogen-bond donors (Lipinski definition) is 1. The zero-order valence-corrected chi connectivity index (χ0v) is 16.9. The van der Waals surface area contributed by atoms with E-state index in [2.05, 4.69) is 18.3 Å². The van der Waals surface area contributed by atoms with Crippen LogP contribution in [0.25, 0.3) is 0 Å².